The molecule has 3 rings (SSSR count). The summed E-state index contributed by atoms with van der Waals surface area (Å²) in [5, 5.41) is 3.09. The lowest BCUT2D eigenvalue weighted by molar-refractivity contribution is 0.300. The van der Waals surface area contributed by atoms with E-state index in [-0.39, 0.29) is 5.92 Å². The molecule has 0 spiro atoms. The predicted octanol–water partition coefficient (Wildman–Crippen LogP) is 1.60. The Kier molecular flexibility index (Phi) is 5.26. The minimum Gasteiger partial charge on any atom is -0.309 e. The van der Waals surface area contributed by atoms with Gasteiger partial charge in [-0.2, -0.15) is 17.0 Å². The Hall–Kier alpha value is -2.10. The van der Waals surface area contributed by atoms with Gasteiger partial charge in [-0.1, -0.05) is 6.07 Å². The van der Waals surface area contributed by atoms with Gasteiger partial charge in [-0.25, -0.2) is 15.0 Å². The van der Waals surface area contributed by atoms with Crippen LogP contribution in [0.2, 0.25) is 0 Å². The molecular weight excluding hydrogens is 340 g/mol. The van der Waals surface area contributed by atoms with Crippen LogP contribution in [-0.2, 0) is 10.2 Å². The molecule has 25 heavy (non-hydrogen) atoms. The monoisotopic (exact) mass is 362 g/mol. The molecule has 8 nitrogen and oxygen atoms in total. The number of nitrogens with one attached hydrogen (secondary N) is 1. The van der Waals surface area contributed by atoms with Gasteiger partial charge in [-0.15, -0.1) is 0 Å². The molecule has 0 amide bonds. The van der Waals surface area contributed by atoms with Crippen LogP contribution in [0.1, 0.15) is 24.5 Å². The molecule has 1 saturated heterocycles. The standard InChI is InChI=1S/C16H22N6O2S/c1-21(2)25(23,24)22-11-7-13(8-12-22)14-6-10-18-16(19-14)20-15-5-3-4-9-17-15/h3-6,9-10,13H,7-8,11-12H2,1-2H3,(H,17,18,19,20). The number of aromatic nitrogens is 3. The summed E-state index contributed by atoms with van der Waals surface area (Å²) in [6, 6.07) is 7.48. The van der Waals surface area contributed by atoms with Crippen LogP contribution in [0.25, 0.3) is 0 Å². The predicted molar refractivity (Wildman–Crippen MR) is 95.7 cm³/mol. The summed E-state index contributed by atoms with van der Waals surface area (Å²) in [6.45, 7) is 0.996. The van der Waals surface area contributed by atoms with E-state index >= 15 is 0 Å². The van der Waals surface area contributed by atoms with E-state index in [4.69, 9.17) is 0 Å². The van der Waals surface area contributed by atoms with E-state index in [2.05, 4.69) is 20.3 Å². The molecule has 0 atom stereocenters. The SMILES string of the molecule is CN(C)S(=O)(=O)N1CCC(c2ccnc(Nc3ccccn3)n2)CC1. The second-order valence-electron chi connectivity index (χ2n) is 6.11. The first kappa shape index (κ1) is 17.7. The minimum absolute atomic E-state index is 0.223. The van der Waals surface area contributed by atoms with Gasteiger partial charge >= 0.3 is 0 Å². The van der Waals surface area contributed by atoms with Crippen molar-refractivity contribution in [2.24, 2.45) is 0 Å². The van der Waals surface area contributed by atoms with Crippen molar-refractivity contribution >= 4 is 22.0 Å². The number of rotatable bonds is 5. The normalized spacial score (nSPS) is 16.9. The topological polar surface area (TPSA) is 91.3 Å². The lowest BCUT2D eigenvalue weighted by Crippen LogP contribution is -2.44. The molecule has 0 saturated carbocycles. The molecule has 1 fully saturated rings. The highest BCUT2D eigenvalue weighted by molar-refractivity contribution is 7.86. The van der Waals surface area contributed by atoms with Gasteiger partial charge in [0.05, 0.1) is 0 Å². The van der Waals surface area contributed by atoms with E-state index in [1.807, 2.05) is 24.3 Å². The van der Waals surface area contributed by atoms with Crippen LogP contribution in [0, 0.1) is 0 Å². The molecule has 0 aliphatic carbocycles. The average Bonchev–Trinajstić information content (AvgIpc) is 2.63. The molecule has 9 heteroatoms. The summed E-state index contributed by atoms with van der Waals surface area (Å²) in [5.41, 5.74) is 0.926. The number of hydrogen-bond acceptors (Lipinski definition) is 6. The molecule has 1 N–H and O–H groups in total. The molecule has 3 heterocycles. The average molecular weight is 362 g/mol. The quantitative estimate of drug-likeness (QED) is 0.869. The number of piperidine rings is 1. The van der Waals surface area contributed by atoms with E-state index < -0.39 is 10.2 Å². The highest BCUT2D eigenvalue weighted by Gasteiger charge is 2.30. The van der Waals surface area contributed by atoms with Crippen molar-refractivity contribution in [1.82, 2.24) is 23.6 Å². The van der Waals surface area contributed by atoms with Crippen molar-refractivity contribution in [2.45, 2.75) is 18.8 Å². The summed E-state index contributed by atoms with van der Waals surface area (Å²) in [4.78, 5) is 13.0. The van der Waals surface area contributed by atoms with Crippen molar-refractivity contribution < 1.29 is 8.42 Å². The number of pyridine rings is 1. The zero-order chi connectivity index (χ0) is 17.9. The number of anilines is 2. The molecule has 134 valence electrons. The zero-order valence-electron chi connectivity index (χ0n) is 14.3. The summed E-state index contributed by atoms with van der Waals surface area (Å²) >= 11 is 0. The van der Waals surface area contributed by atoms with Gasteiger partial charge in [-0.05, 0) is 31.0 Å². The van der Waals surface area contributed by atoms with Gasteiger partial charge in [-0.3, -0.25) is 0 Å². The Morgan fingerprint density at radius 2 is 1.88 bits per heavy atom. The van der Waals surface area contributed by atoms with Crippen LogP contribution in [0.3, 0.4) is 0 Å². The second kappa shape index (κ2) is 7.42. The van der Waals surface area contributed by atoms with Crippen LogP contribution in [0.15, 0.2) is 36.7 Å². The van der Waals surface area contributed by atoms with Gasteiger partial charge in [0, 0.05) is 51.2 Å². The Balaban J connectivity index is 1.67. The molecular formula is C16H22N6O2S. The van der Waals surface area contributed by atoms with Crippen LogP contribution < -0.4 is 5.32 Å². The maximum Gasteiger partial charge on any atom is 0.281 e. The molecule has 1 aliphatic heterocycles. The zero-order valence-corrected chi connectivity index (χ0v) is 15.1. The van der Waals surface area contributed by atoms with E-state index in [0.717, 1.165) is 18.5 Å². The van der Waals surface area contributed by atoms with Crippen LogP contribution >= 0.6 is 0 Å². The van der Waals surface area contributed by atoms with Gasteiger partial charge in [0.1, 0.15) is 5.82 Å². The Labute approximate surface area is 148 Å². The second-order valence-corrected chi connectivity index (χ2v) is 8.25. The van der Waals surface area contributed by atoms with Gasteiger partial charge in [0.2, 0.25) is 5.95 Å². The third-order valence-corrected chi connectivity index (χ3v) is 6.18. The van der Waals surface area contributed by atoms with E-state index in [1.54, 1.807) is 26.5 Å². The van der Waals surface area contributed by atoms with Crippen molar-refractivity contribution in [2.75, 3.05) is 32.5 Å². The highest BCUT2D eigenvalue weighted by Crippen LogP contribution is 2.28. The van der Waals surface area contributed by atoms with Crippen molar-refractivity contribution in [1.29, 1.82) is 0 Å². The first-order valence-electron chi connectivity index (χ1n) is 8.15. The Morgan fingerprint density at radius 3 is 2.52 bits per heavy atom. The van der Waals surface area contributed by atoms with Crippen molar-refractivity contribution in [3.8, 4) is 0 Å². The van der Waals surface area contributed by atoms with E-state index in [0.29, 0.717) is 24.9 Å². The van der Waals surface area contributed by atoms with Gasteiger partial charge < -0.3 is 5.32 Å². The Morgan fingerprint density at radius 1 is 1.12 bits per heavy atom. The molecule has 2 aromatic heterocycles. The fourth-order valence-electron chi connectivity index (χ4n) is 2.82. The molecule has 1 aliphatic rings. The third-order valence-electron chi connectivity index (χ3n) is 4.24. The fourth-order valence-corrected chi connectivity index (χ4v) is 3.96. The smallest absolute Gasteiger partial charge is 0.281 e. The first-order chi connectivity index (χ1) is 12.0. The molecule has 0 unspecified atom stereocenters. The van der Waals surface area contributed by atoms with Crippen molar-refractivity contribution in [3.05, 3.63) is 42.4 Å². The highest BCUT2D eigenvalue weighted by atomic mass is 32.2. The maximum absolute atomic E-state index is 12.2. The van der Waals surface area contributed by atoms with Crippen LogP contribution in [0.5, 0.6) is 0 Å². The van der Waals surface area contributed by atoms with Crippen LogP contribution in [-0.4, -0.2) is 59.2 Å². The van der Waals surface area contributed by atoms with Crippen molar-refractivity contribution in [3.63, 3.8) is 0 Å². The fraction of sp³-hybridized carbons (Fsp3) is 0.438. The molecule has 0 aromatic carbocycles. The Bertz CT molecular complexity index is 804. The summed E-state index contributed by atoms with van der Waals surface area (Å²) in [5.74, 6) is 1.41. The third kappa shape index (κ3) is 4.12. The minimum atomic E-state index is -3.34. The number of hydrogen-bond donors (Lipinski definition) is 1. The summed E-state index contributed by atoms with van der Waals surface area (Å²) in [6.07, 6.45) is 4.91. The van der Waals surface area contributed by atoms with Gasteiger partial charge in [0.15, 0.2) is 0 Å². The number of nitrogens with zero attached hydrogens (tertiary/aromatic N) is 5. The van der Waals surface area contributed by atoms with Gasteiger partial charge in [0.25, 0.3) is 10.2 Å². The first-order valence-corrected chi connectivity index (χ1v) is 9.55. The summed E-state index contributed by atoms with van der Waals surface area (Å²) < 4.78 is 27.2. The largest absolute Gasteiger partial charge is 0.309 e. The lowest BCUT2D eigenvalue weighted by atomic mass is 9.94. The van der Waals surface area contributed by atoms with E-state index in [9.17, 15) is 8.42 Å². The molecule has 0 bridgehead atoms. The summed E-state index contributed by atoms with van der Waals surface area (Å²) in [7, 11) is -0.227. The van der Waals surface area contributed by atoms with Crippen LogP contribution in [0.4, 0.5) is 11.8 Å². The van der Waals surface area contributed by atoms with E-state index in [1.165, 1.54) is 8.61 Å². The lowest BCUT2D eigenvalue weighted by Gasteiger charge is -2.32. The molecule has 0 radical (unpaired) electrons. The molecule has 2 aromatic rings. The maximum atomic E-state index is 12.2.